The zero-order valence-electron chi connectivity index (χ0n) is 6.67. The first kappa shape index (κ1) is 9.55. The summed E-state index contributed by atoms with van der Waals surface area (Å²) in [5.74, 6) is 0. The van der Waals surface area contributed by atoms with Crippen molar-refractivity contribution in [3.8, 4) is 6.07 Å². The molecule has 1 rings (SSSR count). The molecule has 3 nitrogen and oxygen atoms in total. The monoisotopic (exact) mass is 183 g/mol. The Morgan fingerprint density at radius 2 is 2.31 bits per heavy atom. The Morgan fingerprint density at radius 3 is 2.77 bits per heavy atom. The number of halogens is 2. The molecule has 0 aliphatic rings. The average molecular weight is 183 g/mol. The predicted molar refractivity (Wildman–Crippen MR) is 41.8 cm³/mol. The SMILES string of the molecule is N#Cc1cc(CN)ncc1C(F)F. The summed E-state index contributed by atoms with van der Waals surface area (Å²) in [6.07, 6.45) is -1.68. The lowest BCUT2D eigenvalue weighted by Gasteiger charge is -2.02. The number of alkyl halides is 2. The Kier molecular flexibility index (Phi) is 2.88. The van der Waals surface area contributed by atoms with Crippen LogP contribution in [-0.2, 0) is 6.54 Å². The van der Waals surface area contributed by atoms with Gasteiger partial charge in [-0.05, 0) is 6.07 Å². The number of rotatable bonds is 2. The second kappa shape index (κ2) is 3.92. The van der Waals surface area contributed by atoms with Gasteiger partial charge in [-0.25, -0.2) is 8.78 Å². The van der Waals surface area contributed by atoms with Crippen LogP contribution in [0.15, 0.2) is 12.3 Å². The fourth-order valence-corrected chi connectivity index (χ4v) is 0.892. The summed E-state index contributed by atoms with van der Waals surface area (Å²) >= 11 is 0. The van der Waals surface area contributed by atoms with E-state index in [1.54, 1.807) is 6.07 Å². The summed E-state index contributed by atoms with van der Waals surface area (Å²) < 4.78 is 24.5. The molecule has 0 saturated heterocycles. The van der Waals surface area contributed by atoms with Gasteiger partial charge < -0.3 is 5.73 Å². The van der Waals surface area contributed by atoms with Gasteiger partial charge in [0.1, 0.15) is 0 Å². The standard InChI is InChI=1S/C8H7F2N3/c9-8(10)7-4-13-6(3-12)1-5(7)2-11/h1,4,8H,3,12H2. The van der Waals surface area contributed by atoms with E-state index in [4.69, 9.17) is 11.0 Å². The fraction of sp³-hybridized carbons (Fsp3) is 0.250. The van der Waals surface area contributed by atoms with Crippen LogP contribution < -0.4 is 5.73 Å². The number of aromatic nitrogens is 1. The van der Waals surface area contributed by atoms with Crippen molar-refractivity contribution >= 4 is 0 Å². The van der Waals surface area contributed by atoms with E-state index in [1.807, 2.05) is 0 Å². The van der Waals surface area contributed by atoms with E-state index in [0.717, 1.165) is 6.20 Å². The van der Waals surface area contributed by atoms with E-state index in [2.05, 4.69) is 4.98 Å². The van der Waals surface area contributed by atoms with Crippen molar-refractivity contribution in [1.29, 1.82) is 5.26 Å². The molecule has 0 aliphatic carbocycles. The van der Waals surface area contributed by atoms with Gasteiger partial charge in [0.15, 0.2) is 0 Å². The lowest BCUT2D eigenvalue weighted by Crippen LogP contribution is -2.02. The minimum Gasteiger partial charge on any atom is -0.325 e. The molecule has 1 aromatic heterocycles. The van der Waals surface area contributed by atoms with Crippen molar-refractivity contribution in [2.75, 3.05) is 0 Å². The highest BCUT2D eigenvalue weighted by Crippen LogP contribution is 2.21. The summed E-state index contributed by atoms with van der Waals surface area (Å²) in [7, 11) is 0. The summed E-state index contributed by atoms with van der Waals surface area (Å²) in [4.78, 5) is 3.67. The lowest BCUT2D eigenvalue weighted by molar-refractivity contribution is 0.150. The van der Waals surface area contributed by atoms with Crippen LogP contribution in [0.2, 0.25) is 0 Å². The van der Waals surface area contributed by atoms with Crippen molar-refractivity contribution in [2.45, 2.75) is 13.0 Å². The van der Waals surface area contributed by atoms with Crippen molar-refractivity contribution < 1.29 is 8.78 Å². The van der Waals surface area contributed by atoms with Crippen molar-refractivity contribution in [2.24, 2.45) is 5.73 Å². The highest BCUT2D eigenvalue weighted by Gasteiger charge is 2.13. The molecule has 2 N–H and O–H groups in total. The molecule has 1 heterocycles. The number of hydrogen-bond acceptors (Lipinski definition) is 3. The lowest BCUT2D eigenvalue weighted by atomic mass is 10.1. The third-order valence-corrected chi connectivity index (χ3v) is 1.56. The summed E-state index contributed by atoms with van der Waals surface area (Å²) in [5.41, 5.74) is 5.26. The highest BCUT2D eigenvalue weighted by molar-refractivity contribution is 5.37. The molecule has 13 heavy (non-hydrogen) atoms. The molecule has 5 heteroatoms. The van der Waals surface area contributed by atoms with Crippen molar-refractivity contribution in [1.82, 2.24) is 4.98 Å². The third kappa shape index (κ3) is 1.98. The molecular weight excluding hydrogens is 176 g/mol. The molecule has 0 atom stereocenters. The van der Waals surface area contributed by atoms with E-state index >= 15 is 0 Å². The van der Waals surface area contributed by atoms with Gasteiger partial charge in [-0.1, -0.05) is 0 Å². The summed E-state index contributed by atoms with van der Waals surface area (Å²) in [6, 6.07) is 2.96. The van der Waals surface area contributed by atoms with Gasteiger partial charge >= 0.3 is 0 Å². The Hall–Kier alpha value is -1.54. The molecule has 0 saturated carbocycles. The fourth-order valence-electron chi connectivity index (χ4n) is 0.892. The second-order valence-corrected chi connectivity index (χ2v) is 2.38. The predicted octanol–water partition coefficient (Wildman–Crippen LogP) is 1.35. The van der Waals surface area contributed by atoms with Crippen LogP contribution in [0.3, 0.4) is 0 Å². The number of hydrogen-bond donors (Lipinski definition) is 1. The molecule has 0 bridgehead atoms. The van der Waals surface area contributed by atoms with Crippen LogP contribution in [0.1, 0.15) is 23.2 Å². The van der Waals surface area contributed by atoms with Crippen LogP contribution in [0.5, 0.6) is 0 Å². The minimum atomic E-state index is -2.67. The number of nitrogens with zero attached hydrogens (tertiary/aromatic N) is 2. The Labute approximate surface area is 73.8 Å². The first-order valence-electron chi connectivity index (χ1n) is 3.56. The molecule has 0 spiro atoms. The Balaban J connectivity index is 3.18. The number of pyridine rings is 1. The maximum absolute atomic E-state index is 12.2. The molecule has 0 amide bonds. The van der Waals surface area contributed by atoms with Gasteiger partial charge in [-0.15, -0.1) is 0 Å². The van der Waals surface area contributed by atoms with Gasteiger partial charge in [-0.3, -0.25) is 4.98 Å². The summed E-state index contributed by atoms with van der Waals surface area (Å²) in [6.45, 7) is 0.137. The van der Waals surface area contributed by atoms with Gasteiger partial charge in [0.05, 0.1) is 22.9 Å². The first-order chi connectivity index (χ1) is 6.19. The topological polar surface area (TPSA) is 62.7 Å². The van der Waals surface area contributed by atoms with Crippen molar-refractivity contribution in [3.05, 3.63) is 29.1 Å². The zero-order chi connectivity index (χ0) is 9.84. The van der Waals surface area contributed by atoms with Gasteiger partial charge in [-0.2, -0.15) is 5.26 Å². The van der Waals surface area contributed by atoms with Crippen LogP contribution in [-0.4, -0.2) is 4.98 Å². The Bertz CT molecular complexity index is 344. The number of nitriles is 1. The summed E-state index contributed by atoms with van der Waals surface area (Å²) in [5, 5.41) is 8.54. The molecule has 0 aromatic carbocycles. The molecule has 0 unspecified atom stereocenters. The maximum Gasteiger partial charge on any atom is 0.266 e. The van der Waals surface area contributed by atoms with Gasteiger partial charge in [0, 0.05) is 12.7 Å². The van der Waals surface area contributed by atoms with Gasteiger partial charge in [0.25, 0.3) is 6.43 Å². The van der Waals surface area contributed by atoms with Crippen molar-refractivity contribution in [3.63, 3.8) is 0 Å². The molecule has 1 aromatic rings. The molecule has 0 radical (unpaired) electrons. The van der Waals surface area contributed by atoms with Gasteiger partial charge in [0.2, 0.25) is 0 Å². The quantitative estimate of drug-likeness (QED) is 0.752. The van der Waals surface area contributed by atoms with E-state index in [-0.39, 0.29) is 17.7 Å². The number of nitrogens with two attached hydrogens (primary N) is 1. The van der Waals surface area contributed by atoms with Crippen LogP contribution in [0.25, 0.3) is 0 Å². The van der Waals surface area contributed by atoms with Crippen LogP contribution >= 0.6 is 0 Å². The van der Waals surface area contributed by atoms with Crippen LogP contribution in [0.4, 0.5) is 8.78 Å². The second-order valence-electron chi connectivity index (χ2n) is 2.38. The largest absolute Gasteiger partial charge is 0.325 e. The molecule has 68 valence electrons. The van der Waals surface area contributed by atoms with Crippen LogP contribution in [0, 0.1) is 11.3 Å². The maximum atomic E-state index is 12.2. The van der Waals surface area contributed by atoms with E-state index < -0.39 is 6.43 Å². The zero-order valence-corrected chi connectivity index (χ0v) is 6.67. The minimum absolute atomic E-state index is 0.0644. The average Bonchev–Trinajstić information content (AvgIpc) is 2.16. The van der Waals surface area contributed by atoms with E-state index in [9.17, 15) is 8.78 Å². The first-order valence-corrected chi connectivity index (χ1v) is 3.56. The van der Waals surface area contributed by atoms with E-state index in [0.29, 0.717) is 5.69 Å². The molecule has 0 aliphatic heterocycles. The normalized spacial score (nSPS) is 10.1. The molecule has 0 fully saturated rings. The Morgan fingerprint density at radius 1 is 1.62 bits per heavy atom. The third-order valence-electron chi connectivity index (χ3n) is 1.56. The van der Waals surface area contributed by atoms with E-state index in [1.165, 1.54) is 6.07 Å². The highest BCUT2D eigenvalue weighted by atomic mass is 19.3. The molecular formula is C8H7F2N3. The smallest absolute Gasteiger partial charge is 0.266 e.